The minimum atomic E-state index is -0.323. The largest absolute Gasteiger partial charge is 0.379 e. The van der Waals surface area contributed by atoms with Gasteiger partial charge in [-0.1, -0.05) is 24.3 Å². The van der Waals surface area contributed by atoms with E-state index in [2.05, 4.69) is 43.7 Å². The molecule has 4 aromatic rings. The number of fused-ring (bicyclic) bond motifs is 3. The Morgan fingerprint density at radius 3 is 2.73 bits per heavy atom. The van der Waals surface area contributed by atoms with Crippen LogP contribution in [0.1, 0.15) is 22.7 Å². The number of carbonyl (C=O) groups is 1. The molecular weight excluding hydrogens is 507 g/mol. The quantitative estimate of drug-likeness (QED) is 0.360. The predicted octanol–water partition coefficient (Wildman–Crippen LogP) is 4.19. The zero-order chi connectivity index (χ0) is 27.1. The van der Waals surface area contributed by atoms with Crippen LogP contribution in [0.4, 0.5) is 10.1 Å². The molecule has 2 aromatic carbocycles. The number of benzene rings is 2. The first-order valence-electron chi connectivity index (χ1n) is 13.4. The fourth-order valence-electron chi connectivity index (χ4n) is 5.33. The van der Waals surface area contributed by atoms with Crippen LogP contribution in [0, 0.1) is 5.82 Å². The van der Waals surface area contributed by atoms with E-state index in [0.29, 0.717) is 22.7 Å². The standard InChI is InChI=1S/C31H27FN6O2/c32-23-3-1-2-21(13-23)27-7-5-24(17-34-27)35-31(39)29-26-14-20(4-6-25(26)28-30(36-28)37-29)22-12-19(15-33-16-22)18-38-8-10-40-11-9-38/h1-7,12-17,28,30,36H,8-11,18H2,(H,35,39). The van der Waals surface area contributed by atoms with Gasteiger partial charge in [0, 0.05) is 48.7 Å². The maximum absolute atomic E-state index is 13.6. The van der Waals surface area contributed by atoms with Crippen molar-refractivity contribution in [3.8, 4) is 22.4 Å². The van der Waals surface area contributed by atoms with E-state index < -0.39 is 0 Å². The highest BCUT2D eigenvalue weighted by molar-refractivity contribution is 6.49. The number of amides is 1. The van der Waals surface area contributed by atoms with Crippen molar-refractivity contribution in [1.82, 2.24) is 20.2 Å². The van der Waals surface area contributed by atoms with E-state index in [0.717, 1.165) is 60.7 Å². The molecule has 2 atom stereocenters. The monoisotopic (exact) mass is 534 g/mol. The molecule has 2 fully saturated rings. The summed E-state index contributed by atoms with van der Waals surface area (Å²) in [6.07, 6.45) is 5.24. The number of anilines is 1. The molecule has 2 saturated heterocycles. The molecule has 0 aliphatic carbocycles. The van der Waals surface area contributed by atoms with E-state index in [1.807, 2.05) is 18.5 Å². The van der Waals surface area contributed by atoms with Crippen LogP contribution in [-0.4, -0.2) is 59.0 Å². The number of ether oxygens (including phenoxy) is 1. The third-order valence-electron chi connectivity index (χ3n) is 7.46. The van der Waals surface area contributed by atoms with Crippen molar-refractivity contribution in [2.75, 3.05) is 31.6 Å². The molecule has 3 aliphatic heterocycles. The van der Waals surface area contributed by atoms with Crippen LogP contribution in [0.5, 0.6) is 0 Å². The number of aliphatic imine (C=N–C) groups is 1. The summed E-state index contributed by atoms with van der Waals surface area (Å²) in [6.45, 7) is 4.16. The summed E-state index contributed by atoms with van der Waals surface area (Å²) in [5.74, 6) is -0.623. The minimum Gasteiger partial charge on any atom is -0.379 e. The molecule has 9 heteroatoms. The number of hydrogen-bond acceptors (Lipinski definition) is 7. The van der Waals surface area contributed by atoms with Gasteiger partial charge in [0.2, 0.25) is 0 Å². The molecule has 0 radical (unpaired) electrons. The normalized spacial score (nSPS) is 19.8. The van der Waals surface area contributed by atoms with Gasteiger partial charge in [0.05, 0.1) is 36.8 Å². The molecule has 0 spiro atoms. The maximum atomic E-state index is 13.6. The summed E-state index contributed by atoms with van der Waals surface area (Å²) >= 11 is 0. The summed E-state index contributed by atoms with van der Waals surface area (Å²) < 4.78 is 19.1. The van der Waals surface area contributed by atoms with Gasteiger partial charge in [0.25, 0.3) is 5.91 Å². The molecule has 1 amide bonds. The Balaban J connectivity index is 1.12. The Hall–Kier alpha value is -4.31. The van der Waals surface area contributed by atoms with Crippen LogP contribution in [0.3, 0.4) is 0 Å². The summed E-state index contributed by atoms with van der Waals surface area (Å²) in [5, 5.41) is 6.27. The molecule has 2 aromatic heterocycles. The highest BCUT2D eigenvalue weighted by atomic mass is 19.1. The molecule has 5 heterocycles. The van der Waals surface area contributed by atoms with E-state index in [9.17, 15) is 9.18 Å². The molecule has 2 unspecified atom stereocenters. The Kier molecular flexibility index (Phi) is 6.39. The second-order valence-corrected chi connectivity index (χ2v) is 10.2. The lowest BCUT2D eigenvalue weighted by molar-refractivity contribution is -0.110. The van der Waals surface area contributed by atoms with E-state index in [-0.39, 0.29) is 23.9 Å². The number of hydrogen-bond donors (Lipinski definition) is 2. The molecule has 0 bridgehead atoms. The maximum Gasteiger partial charge on any atom is 0.274 e. The van der Waals surface area contributed by atoms with Crippen LogP contribution in [0.25, 0.3) is 22.4 Å². The lowest BCUT2D eigenvalue weighted by Gasteiger charge is -2.26. The number of halogens is 1. The molecule has 7 rings (SSSR count). The Labute approximate surface area is 231 Å². The fourth-order valence-corrected chi connectivity index (χ4v) is 5.33. The lowest BCUT2D eigenvalue weighted by atomic mass is 9.92. The first-order valence-corrected chi connectivity index (χ1v) is 13.4. The van der Waals surface area contributed by atoms with Crippen LogP contribution < -0.4 is 10.6 Å². The Morgan fingerprint density at radius 2 is 1.90 bits per heavy atom. The summed E-state index contributed by atoms with van der Waals surface area (Å²) in [7, 11) is 0. The molecule has 8 nitrogen and oxygen atoms in total. The van der Waals surface area contributed by atoms with E-state index in [1.165, 1.54) is 12.1 Å². The second-order valence-electron chi connectivity index (χ2n) is 10.2. The SMILES string of the molecule is O=C(Nc1ccc(-c2cccc(F)c2)nc1)C1=NC2NC2c2ccc(-c3cncc(CN4CCOCC4)c3)cc21. The number of rotatable bonds is 6. The van der Waals surface area contributed by atoms with Crippen molar-refractivity contribution in [1.29, 1.82) is 0 Å². The Bertz CT molecular complexity index is 1620. The van der Waals surface area contributed by atoms with Gasteiger partial charge in [-0.25, -0.2) is 4.39 Å². The van der Waals surface area contributed by atoms with Gasteiger partial charge in [-0.3, -0.25) is 30.0 Å². The van der Waals surface area contributed by atoms with Crippen molar-refractivity contribution in [2.45, 2.75) is 18.8 Å². The highest BCUT2D eigenvalue weighted by Gasteiger charge is 2.44. The van der Waals surface area contributed by atoms with Gasteiger partial charge >= 0.3 is 0 Å². The third-order valence-corrected chi connectivity index (χ3v) is 7.46. The van der Waals surface area contributed by atoms with Crippen LogP contribution in [0.15, 0.2) is 84.2 Å². The van der Waals surface area contributed by atoms with Crippen molar-refractivity contribution in [3.05, 3.63) is 102 Å². The number of nitrogens with one attached hydrogen (secondary N) is 2. The van der Waals surface area contributed by atoms with E-state index in [4.69, 9.17) is 9.73 Å². The van der Waals surface area contributed by atoms with Crippen LogP contribution in [0.2, 0.25) is 0 Å². The molecular formula is C31H27FN6O2. The summed E-state index contributed by atoms with van der Waals surface area (Å²) in [6, 6.07) is 18.3. The zero-order valence-corrected chi connectivity index (χ0v) is 21.7. The van der Waals surface area contributed by atoms with Crippen molar-refractivity contribution in [2.24, 2.45) is 4.99 Å². The van der Waals surface area contributed by atoms with Crippen molar-refractivity contribution >= 4 is 17.3 Å². The minimum absolute atomic E-state index is 0.0916. The average molecular weight is 535 g/mol. The summed E-state index contributed by atoms with van der Waals surface area (Å²) in [4.78, 5) is 29.4. The van der Waals surface area contributed by atoms with Gasteiger partial charge in [-0.15, -0.1) is 0 Å². The second kappa shape index (κ2) is 10.3. The number of pyridine rings is 2. The zero-order valence-electron chi connectivity index (χ0n) is 21.7. The van der Waals surface area contributed by atoms with Gasteiger partial charge in [0.15, 0.2) is 0 Å². The van der Waals surface area contributed by atoms with Crippen molar-refractivity contribution in [3.63, 3.8) is 0 Å². The van der Waals surface area contributed by atoms with E-state index >= 15 is 0 Å². The fraction of sp³-hybridized carbons (Fsp3) is 0.226. The number of morpholine rings is 1. The first kappa shape index (κ1) is 24.7. The molecule has 40 heavy (non-hydrogen) atoms. The predicted molar refractivity (Wildman–Crippen MR) is 150 cm³/mol. The molecule has 2 N–H and O–H groups in total. The number of carbonyl (C=O) groups excluding carboxylic acids is 1. The Morgan fingerprint density at radius 1 is 1.00 bits per heavy atom. The smallest absolute Gasteiger partial charge is 0.274 e. The van der Waals surface area contributed by atoms with Crippen LogP contribution >= 0.6 is 0 Å². The van der Waals surface area contributed by atoms with Crippen molar-refractivity contribution < 1.29 is 13.9 Å². The first-order chi connectivity index (χ1) is 19.6. The highest BCUT2D eigenvalue weighted by Crippen LogP contribution is 2.39. The average Bonchev–Trinajstić information content (AvgIpc) is 3.78. The topological polar surface area (TPSA) is 102 Å². The van der Waals surface area contributed by atoms with E-state index in [1.54, 1.807) is 30.5 Å². The lowest BCUT2D eigenvalue weighted by Crippen LogP contribution is -2.35. The van der Waals surface area contributed by atoms with Crippen LogP contribution in [-0.2, 0) is 16.1 Å². The number of nitrogens with zero attached hydrogens (tertiary/aromatic N) is 4. The third kappa shape index (κ3) is 5.02. The summed E-state index contributed by atoms with van der Waals surface area (Å²) in [5.41, 5.74) is 7.21. The van der Waals surface area contributed by atoms with Gasteiger partial charge in [0.1, 0.15) is 17.7 Å². The van der Waals surface area contributed by atoms with Gasteiger partial charge < -0.3 is 10.1 Å². The molecule has 200 valence electrons. The van der Waals surface area contributed by atoms with Gasteiger partial charge in [-0.05, 0) is 53.1 Å². The molecule has 0 saturated carbocycles. The van der Waals surface area contributed by atoms with Gasteiger partial charge in [-0.2, -0.15) is 0 Å². The number of aromatic nitrogens is 2. The molecule has 3 aliphatic rings.